The molecule has 1 heterocycles. The van der Waals surface area contributed by atoms with Crippen molar-refractivity contribution in [3.8, 4) is 11.5 Å². The molecular formula is C12H10N2O7. The highest BCUT2D eigenvalue weighted by Gasteiger charge is 2.24. The molecule has 0 aliphatic rings. The molecule has 0 unspecified atom stereocenters. The molecule has 1 N–H and O–H groups in total. The highest BCUT2D eigenvalue weighted by atomic mass is 16.6. The van der Waals surface area contributed by atoms with Gasteiger partial charge >= 0.3 is 5.97 Å². The van der Waals surface area contributed by atoms with E-state index in [4.69, 9.17) is 14.6 Å². The Labute approximate surface area is 117 Å². The van der Waals surface area contributed by atoms with Crippen molar-refractivity contribution < 1.29 is 28.8 Å². The lowest BCUT2D eigenvalue weighted by Gasteiger charge is -2.10. The van der Waals surface area contributed by atoms with Crippen LogP contribution < -0.4 is 9.47 Å². The number of nitrogens with zero attached hydrogens (tertiary/aromatic N) is 2. The molecule has 110 valence electrons. The van der Waals surface area contributed by atoms with Gasteiger partial charge in [-0.25, -0.2) is 4.79 Å². The van der Waals surface area contributed by atoms with Gasteiger partial charge in [-0.3, -0.25) is 10.1 Å². The average Bonchev–Trinajstić information content (AvgIpc) is 2.97. The first-order chi connectivity index (χ1) is 10.0. The van der Waals surface area contributed by atoms with Gasteiger partial charge in [0.2, 0.25) is 0 Å². The third-order valence-corrected chi connectivity index (χ3v) is 2.59. The minimum Gasteiger partial charge on any atom is -0.493 e. The number of hydrogen-bond acceptors (Lipinski definition) is 7. The molecule has 1 aromatic heterocycles. The lowest BCUT2D eigenvalue weighted by molar-refractivity contribution is -0.385. The molecule has 0 aliphatic heterocycles. The fraction of sp³-hybridized carbons (Fsp3) is 0.167. The molecule has 0 fully saturated rings. The molecule has 0 saturated heterocycles. The summed E-state index contributed by atoms with van der Waals surface area (Å²) < 4.78 is 15.0. The lowest BCUT2D eigenvalue weighted by atomic mass is 10.1. The number of benzene rings is 1. The number of nitro groups is 1. The van der Waals surface area contributed by atoms with Gasteiger partial charge in [0.25, 0.3) is 5.69 Å². The predicted molar refractivity (Wildman–Crippen MR) is 67.4 cm³/mol. The summed E-state index contributed by atoms with van der Waals surface area (Å²) in [6, 6.07) is 2.05. The van der Waals surface area contributed by atoms with Crippen LogP contribution in [0.25, 0.3) is 0 Å². The molecule has 2 aromatic rings. The fourth-order valence-electron chi connectivity index (χ4n) is 1.60. The van der Waals surface area contributed by atoms with Crippen LogP contribution in [0.5, 0.6) is 11.5 Å². The van der Waals surface area contributed by atoms with Crippen LogP contribution in [-0.4, -0.2) is 28.3 Å². The zero-order valence-electron chi connectivity index (χ0n) is 10.8. The molecule has 0 radical (unpaired) electrons. The topological polar surface area (TPSA) is 125 Å². The SMILES string of the molecule is COc1cc(C(=O)O)c([N+](=O)[O-])cc1OCc1cnoc1. The van der Waals surface area contributed by atoms with Gasteiger partial charge in [-0.1, -0.05) is 5.16 Å². The van der Waals surface area contributed by atoms with Crippen LogP contribution in [-0.2, 0) is 6.61 Å². The molecule has 1 aromatic carbocycles. The second-order valence-electron chi connectivity index (χ2n) is 3.90. The lowest BCUT2D eigenvalue weighted by Crippen LogP contribution is -2.05. The van der Waals surface area contributed by atoms with Crippen molar-refractivity contribution in [2.24, 2.45) is 0 Å². The van der Waals surface area contributed by atoms with Gasteiger partial charge in [0.05, 0.1) is 24.3 Å². The van der Waals surface area contributed by atoms with E-state index < -0.39 is 22.1 Å². The van der Waals surface area contributed by atoms with Crippen LogP contribution >= 0.6 is 0 Å². The number of rotatable bonds is 6. The van der Waals surface area contributed by atoms with Gasteiger partial charge in [0.15, 0.2) is 11.5 Å². The predicted octanol–water partition coefficient (Wildman–Crippen LogP) is 1.87. The van der Waals surface area contributed by atoms with Crippen molar-refractivity contribution in [3.63, 3.8) is 0 Å². The highest BCUT2D eigenvalue weighted by Crippen LogP contribution is 2.35. The van der Waals surface area contributed by atoms with E-state index in [0.717, 1.165) is 12.1 Å². The van der Waals surface area contributed by atoms with Gasteiger partial charge in [-0.2, -0.15) is 0 Å². The van der Waals surface area contributed by atoms with E-state index in [1.54, 1.807) is 0 Å². The van der Waals surface area contributed by atoms with Crippen molar-refractivity contribution in [3.05, 3.63) is 45.8 Å². The van der Waals surface area contributed by atoms with E-state index in [9.17, 15) is 14.9 Å². The molecule has 0 saturated carbocycles. The largest absolute Gasteiger partial charge is 0.493 e. The smallest absolute Gasteiger partial charge is 0.342 e. The van der Waals surface area contributed by atoms with Crippen LogP contribution in [0.3, 0.4) is 0 Å². The van der Waals surface area contributed by atoms with Gasteiger partial charge in [-0.05, 0) is 0 Å². The average molecular weight is 294 g/mol. The van der Waals surface area contributed by atoms with Gasteiger partial charge < -0.3 is 19.1 Å². The van der Waals surface area contributed by atoms with Crippen molar-refractivity contribution in [1.29, 1.82) is 0 Å². The first-order valence-electron chi connectivity index (χ1n) is 5.63. The monoisotopic (exact) mass is 294 g/mol. The molecule has 9 heteroatoms. The number of nitro benzene ring substituents is 1. The molecule has 21 heavy (non-hydrogen) atoms. The van der Waals surface area contributed by atoms with E-state index in [-0.39, 0.29) is 18.1 Å². The zero-order valence-corrected chi connectivity index (χ0v) is 10.8. The quantitative estimate of drug-likeness (QED) is 0.632. The van der Waals surface area contributed by atoms with Crippen LogP contribution in [0, 0.1) is 10.1 Å². The van der Waals surface area contributed by atoms with Crippen LogP contribution in [0.4, 0.5) is 5.69 Å². The maximum Gasteiger partial charge on any atom is 0.342 e. The number of hydrogen-bond donors (Lipinski definition) is 1. The number of ether oxygens (including phenoxy) is 2. The van der Waals surface area contributed by atoms with E-state index in [2.05, 4.69) is 9.68 Å². The summed E-state index contributed by atoms with van der Waals surface area (Å²) in [5.41, 5.74) is -0.445. The molecule has 9 nitrogen and oxygen atoms in total. The van der Waals surface area contributed by atoms with Crippen molar-refractivity contribution in [2.45, 2.75) is 6.61 Å². The maximum absolute atomic E-state index is 11.0. The summed E-state index contributed by atoms with van der Waals surface area (Å²) in [4.78, 5) is 21.2. The molecule has 0 aliphatic carbocycles. The number of carbonyl (C=O) groups is 1. The van der Waals surface area contributed by atoms with Crippen molar-refractivity contribution >= 4 is 11.7 Å². The fourth-order valence-corrected chi connectivity index (χ4v) is 1.60. The number of carboxylic acid groups (broad SMARTS) is 1. The summed E-state index contributed by atoms with van der Waals surface area (Å²) in [7, 11) is 1.30. The number of carboxylic acids is 1. The minimum atomic E-state index is -1.43. The number of aromatic nitrogens is 1. The van der Waals surface area contributed by atoms with E-state index in [1.807, 2.05) is 0 Å². The summed E-state index contributed by atoms with van der Waals surface area (Å²) in [6.07, 6.45) is 2.78. The van der Waals surface area contributed by atoms with Gasteiger partial charge in [0.1, 0.15) is 18.4 Å². The van der Waals surface area contributed by atoms with Gasteiger partial charge in [0, 0.05) is 11.6 Å². The molecular weight excluding hydrogens is 284 g/mol. The van der Waals surface area contributed by atoms with Crippen LogP contribution in [0.15, 0.2) is 29.1 Å². The van der Waals surface area contributed by atoms with Crippen LogP contribution in [0.1, 0.15) is 15.9 Å². The van der Waals surface area contributed by atoms with Crippen LogP contribution in [0.2, 0.25) is 0 Å². The highest BCUT2D eigenvalue weighted by molar-refractivity contribution is 5.93. The Hall–Kier alpha value is -3.10. The van der Waals surface area contributed by atoms with Gasteiger partial charge in [-0.15, -0.1) is 0 Å². The summed E-state index contributed by atoms with van der Waals surface area (Å²) in [6.45, 7) is 0.0451. The second kappa shape index (κ2) is 5.90. The molecule has 0 amide bonds. The summed E-state index contributed by atoms with van der Waals surface area (Å²) in [5, 5.41) is 23.4. The first kappa shape index (κ1) is 14.3. The molecule has 0 spiro atoms. The van der Waals surface area contributed by atoms with Crippen molar-refractivity contribution in [1.82, 2.24) is 5.16 Å². The number of methoxy groups -OCH3 is 1. The minimum absolute atomic E-state index is 0.0451. The Morgan fingerprint density at radius 2 is 2.24 bits per heavy atom. The third-order valence-electron chi connectivity index (χ3n) is 2.59. The second-order valence-corrected chi connectivity index (χ2v) is 3.90. The van der Waals surface area contributed by atoms with E-state index >= 15 is 0 Å². The zero-order chi connectivity index (χ0) is 15.4. The summed E-state index contributed by atoms with van der Waals surface area (Å²) in [5.74, 6) is -1.30. The Kier molecular flexibility index (Phi) is 4.02. The Morgan fingerprint density at radius 1 is 1.48 bits per heavy atom. The van der Waals surface area contributed by atoms with E-state index in [1.165, 1.54) is 19.6 Å². The molecule has 0 atom stereocenters. The number of aromatic carboxylic acids is 1. The Balaban J connectivity index is 2.37. The summed E-state index contributed by atoms with van der Waals surface area (Å²) >= 11 is 0. The standard InChI is InChI=1S/C12H10N2O7/c1-19-10-2-8(12(15)16)9(14(17)18)3-11(10)20-5-7-4-13-21-6-7/h2-4,6H,5H2,1H3,(H,15,16). The first-order valence-corrected chi connectivity index (χ1v) is 5.63. The Morgan fingerprint density at radius 3 is 2.76 bits per heavy atom. The van der Waals surface area contributed by atoms with E-state index in [0.29, 0.717) is 5.56 Å². The third kappa shape index (κ3) is 3.08. The van der Waals surface area contributed by atoms with Crippen molar-refractivity contribution in [2.75, 3.05) is 7.11 Å². The molecule has 2 rings (SSSR count). The Bertz CT molecular complexity index is 666. The maximum atomic E-state index is 11.0. The molecule has 0 bridgehead atoms. The normalized spacial score (nSPS) is 10.1.